The summed E-state index contributed by atoms with van der Waals surface area (Å²) < 4.78 is 30.6. The Kier molecular flexibility index (Phi) is 7.33. The van der Waals surface area contributed by atoms with E-state index in [1.54, 1.807) is 31.2 Å². The minimum atomic E-state index is -2.96. The molecule has 0 aliphatic carbocycles. The van der Waals surface area contributed by atoms with Crippen molar-refractivity contribution in [3.63, 3.8) is 0 Å². The lowest BCUT2D eigenvalue weighted by molar-refractivity contribution is -0.120. The molecule has 0 radical (unpaired) electrons. The topological polar surface area (TPSA) is 97.0 Å². The molecule has 172 valence electrons. The van der Waals surface area contributed by atoms with Gasteiger partial charge in [0.15, 0.2) is 5.16 Å². The Bertz CT molecular complexity index is 1260. The highest BCUT2D eigenvalue weighted by atomic mass is 32.2. The fraction of sp³-hybridized carbons (Fsp3) is 0.304. The van der Waals surface area contributed by atoms with Crippen LogP contribution in [0.5, 0.6) is 5.75 Å². The van der Waals surface area contributed by atoms with Gasteiger partial charge in [-0.05, 0) is 49.2 Å². The number of thioether (sulfide) groups is 1. The molecule has 10 heteroatoms. The summed E-state index contributed by atoms with van der Waals surface area (Å²) >= 11 is 1.04. The summed E-state index contributed by atoms with van der Waals surface area (Å²) in [6, 6.07) is 14.5. The van der Waals surface area contributed by atoms with Gasteiger partial charge in [0.05, 0.1) is 28.4 Å². The zero-order valence-electron chi connectivity index (χ0n) is 18.2. The first-order chi connectivity index (χ1) is 15.6. The summed E-state index contributed by atoms with van der Waals surface area (Å²) in [5.74, 6) is -0.621. The molecule has 7 nitrogen and oxygen atoms in total. The molecule has 0 saturated heterocycles. The first-order valence-electron chi connectivity index (χ1n) is 10.1. The van der Waals surface area contributed by atoms with Crippen LogP contribution in [0.1, 0.15) is 20.8 Å². The van der Waals surface area contributed by atoms with Crippen LogP contribution in [0.25, 0.3) is 16.6 Å². The van der Waals surface area contributed by atoms with E-state index in [2.05, 4.69) is 21.1 Å². The molecule has 2 aromatic carbocycles. The van der Waals surface area contributed by atoms with E-state index in [0.29, 0.717) is 16.6 Å². The minimum Gasteiger partial charge on any atom is -0.435 e. The van der Waals surface area contributed by atoms with Crippen molar-refractivity contribution >= 4 is 28.6 Å². The summed E-state index contributed by atoms with van der Waals surface area (Å²) in [5, 5.41) is 12.8. The number of nitrogens with zero attached hydrogens (tertiary/aromatic N) is 3. The maximum Gasteiger partial charge on any atom is 0.387 e. The van der Waals surface area contributed by atoms with Crippen LogP contribution in [-0.4, -0.2) is 33.4 Å². The molecule has 0 saturated carbocycles. The third-order valence-corrected chi connectivity index (χ3v) is 6.12. The number of rotatable bonds is 8. The van der Waals surface area contributed by atoms with E-state index in [4.69, 9.17) is 0 Å². The average molecular weight is 473 g/mol. The molecule has 1 N–H and O–H groups in total. The summed E-state index contributed by atoms with van der Waals surface area (Å²) in [5.41, 5.74) is -0.556. The third kappa shape index (κ3) is 5.49. The van der Waals surface area contributed by atoms with Crippen LogP contribution < -0.4 is 15.6 Å². The van der Waals surface area contributed by atoms with Crippen molar-refractivity contribution in [2.24, 2.45) is 5.92 Å². The number of carbonyl (C=O) groups excluding carboxylic acids is 1. The number of hydrogen-bond acceptors (Lipinski definition) is 6. The molecule has 1 heterocycles. The van der Waals surface area contributed by atoms with Crippen molar-refractivity contribution in [1.82, 2.24) is 14.9 Å². The van der Waals surface area contributed by atoms with Gasteiger partial charge in [0, 0.05) is 0 Å². The summed E-state index contributed by atoms with van der Waals surface area (Å²) in [6.07, 6.45) is 0. The molecule has 33 heavy (non-hydrogen) atoms. The van der Waals surface area contributed by atoms with Crippen LogP contribution in [0.3, 0.4) is 0 Å². The molecule has 0 unspecified atom stereocenters. The van der Waals surface area contributed by atoms with Crippen molar-refractivity contribution in [2.75, 3.05) is 5.75 Å². The van der Waals surface area contributed by atoms with E-state index in [1.807, 2.05) is 13.8 Å². The fourth-order valence-corrected chi connectivity index (χ4v) is 3.78. The number of amides is 1. The zero-order valence-corrected chi connectivity index (χ0v) is 19.0. The Morgan fingerprint density at radius 2 is 1.91 bits per heavy atom. The van der Waals surface area contributed by atoms with Gasteiger partial charge in [0.2, 0.25) is 5.91 Å². The van der Waals surface area contributed by atoms with Crippen molar-refractivity contribution in [2.45, 2.75) is 38.1 Å². The van der Waals surface area contributed by atoms with E-state index in [0.717, 1.165) is 11.8 Å². The van der Waals surface area contributed by atoms with Gasteiger partial charge >= 0.3 is 6.61 Å². The monoisotopic (exact) mass is 472 g/mol. The SMILES string of the molecule is CC(C)[C@](C)(C#N)NC(=O)CSc1nc2ccccc2c(=O)n1-c1ccc(OC(F)F)cc1. The average Bonchev–Trinajstić information content (AvgIpc) is 2.78. The Morgan fingerprint density at radius 1 is 1.24 bits per heavy atom. The molecule has 3 rings (SSSR count). The third-order valence-electron chi connectivity index (χ3n) is 5.18. The van der Waals surface area contributed by atoms with Crippen LogP contribution in [0, 0.1) is 17.2 Å². The van der Waals surface area contributed by atoms with Gasteiger partial charge in [-0.25, -0.2) is 4.98 Å². The molecule has 1 amide bonds. The van der Waals surface area contributed by atoms with Crippen LogP contribution in [0.4, 0.5) is 8.78 Å². The van der Waals surface area contributed by atoms with Gasteiger partial charge in [-0.1, -0.05) is 37.7 Å². The van der Waals surface area contributed by atoms with E-state index >= 15 is 0 Å². The second kappa shape index (κ2) is 10.0. The number of benzene rings is 2. The Morgan fingerprint density at radius 3 is 2.52 bits per heavy atom. The fourth-order valence-electron chi connectivity index (χ4n) is 2.97. The molecule has 0 spiro atoms. The van der Waals surface area contributed by atoms with E-state index in [-0.39, 0.29) is 34.0 Å². The summed E-state index contributed by atoms with van der Waals surface area (Å²) in [7, 11) is 0. The normalized spacial score (nSPS) is 13.0. The molecule has 1 atom stereocenters. The van der Waals surface area contributed by atoms with Crippen molar-refractivity contribution in [3.8, 4) is 17.5 Å². The Labute approximate surface area is 193 Å². The number of alkyl halides is 2. The van der Waals surface area contributed by atoms with Crippen LogP contribution in [0.2, 0.25) is 0 Å². The van der Waals surface area contributed by atoms with E-state index in [9.17, 15) is 23.6 Å². The maximum atomic E-state index is 13.2. The number of halogens is 2. The first kappa shape index (κ1) is 24.2. The van der Waals surface area contributed by atoms with E-state index < -0.39 is 12.2 Å². The number of carbonyl (C=O) groups is 1. The molecule has 0 fully saturated rings. The second-order valence-electron chi connectivity index (χ2n) is 7.73. The number of nitriles is 1. The predicted octanol–water partition coefficient (Wildman–Crippen LogP) is 4.13. The van der Waals surface area contributed by atoms with Gasteiger partial charge in [0.1, 0.15) is 11.3 Å². The highest BCUT2D eigenvalue weighted by Gasteiger charge is 2.30. The zero-order chi connectivity index (χ0) is 24.2. The molecule has 3 aromatic rings. The number of para-hydroxylation sites is 1. The molecular formula is C23H22F2N4O3S. The summed E-state index contributed by atoms with van der Waals surface area (Å²) in [6.45, 7) is 2.35. The Balaban J connectivity index is 1.96. The smallest absolute Gasteiger partial charge is 0.387 e. The number of hydrogen-bond donors (Lipinski definition) is 1. The standard InChI is InChI=1S/C23H22F2N4O3S/c1-14(2)23(3,13-26)28-19(30)12-33-22-27-18-7-5-4-6-17(18)20(31)29(22)15-8-10-16(11-9-15)32-21(24)25/h4-11,14,21H,12H2,1-3H3,(H,28,30)/t23-/m0/s1. The predicted molar refractivity (Wildman–Crippen MR) is 122 cm³/mol. The Hall–Kier alpha value is -3.45. The van der Waals surface area contributed by atoms with Crippen molar-refractivity contribution < 1.29 is 18.3 Å². The summed E-state index contributed by atoms with van der Waals surface area (Å²) in [4.78, 5) is 30.3. The van der Waals surface area contributed by atoms with E-state index in [1.165, 1.54) is 28.8 Å². The van der Waals surface area contributed by atoms with Gasteiger partial charge in [0.25, 0.3) is 5.56 Å². The molecule has 0 bridgehead atoms. The van der Waals surface area contributed by atoms with Gasteiger partial charge < -0.3 is 10.1 Å². The minimum absolute atomic E-state index is 0.0476. The van der Waals surface area contributed by atoms with Crippen LogP contribution >= 0.6 is 11.8 Å². The number of ether oxygens (including phenoxy) is 1. The van der Waals surface area contributed by atoms with Crippen molar-refractivity contribution in [1.29, 1.82) is 5.26 Å². The quantitative estimate of drug-likeness (QED) is 0.391. The second-order valence-corrected chi connectivity index (χ2v) is 8.67. The first-order valence-corrected chi connectivity index (χ1v) is 11.1. The number of aromatic nitrogens is 2. The van der Waals surface area contributed by atoms with Crippen molar-refractivity contribution in [3.05, 3.63) is 58.9 Å². The largest absolute Gasteiger partial charge is 0.435 e. The highest BCUT2D eigenvalue weighted by Crippen LogP contribution is 2.24. The number of fused-ring (bicyclic) bond motifs is 1. The molecule has 0 aliphatic rings. The molecule has 1 aromatic heterocycles. The van der Waals surface area contributed by atoms with Crippen LogP contribution in [0.15, 0.2) is 58.5 Å². The lowest BCUT2D eigenvalue weighted by Gasteiger charge is -2.27. The highest BCUT2D eigenvalue weighted by molar-refractivity contribution is 7.99. The van der Waals surface area contributed by atoms with Gasteiger partial charge in [-0.3, -0.25) is 14.2 Å². The lowest BCUT2D eigenvalue weighted by Crippen LogP contribution is -2.49. The maximum absolute atomic E-state index is 13.2. The van der Waals surface area contributed by atoms with Gasteiger partial charge in [-0.2, -0.15) is 14.0 Å². The molecular weight excluding hydrogens is 450 g/mol. The molecule has 0 aliphatic heterocycles. The number of nitrogens with one attached hydrogen (secondary N) is 1. The lowest BCUT2D eigenvalue weighted by atomic mass is 9.90. The van der Waals surface area contributed by atoms with Crippen LogP contribution in [-0.2, 0) is 4.79 Å². The van der Waals surface area contributed by atoms with Gasteiger partial charge in [-0.15, -0.1) is 0 Å².